The quantitative estimate of drug-likeness (QED) is 0.133. The summed E-state index contributed by atoms with van der Waals surface area (Å²) in [5.41, 5.74) is 8.11. The standard InChI is InChI=1S/C45H36Cl2N2O2/c1-45(2,33-23-25-43(50-3)35(27-33)37(31-15-7-5-8-16-31)29-48-41-21-13-11-19-39(41)46)34-24-26-44(51-4)36(28-34)38(32-17-9-6-10-18-32)30-49-42-22-14-12-20-40(42)47/h5-28H,1-4H3. The van der Waals surface area contributed by atoms with Crippen molar-refractivity contribution in [1.82, 2.24) is 0 Å². The molecule has 6 heteroatoms. The zero-order chi connectivity index (χ0) is 35.8. The molecule has 6 aromatic carbocycles. The molecule has 0 fully saturated rings. The molecule has 0 aromatic heterocycles. The van der Waals surface area contributed by atoms with E-state index in [0.717, 1.165) is 44.5 Å². The first-order valence-corrected chi connectivity index (χ1v) is 17.2. The van der Waals surface area contributed by atoms with Crippen LogP contribution in [0.2, 0.25) is 10.0 Å². The van der Waals surface area contributed by atoms with Gasteiger partial charge in [-0.1, -0.05) is 134 Å². The predicted octanol–water partition coefficient (Wildman–Crippen LogP) is 12.2. The lowest BCUT2D eigenvalue weighted by atomic mass is 9.76. The van der Waals surface area contributed by atoms with Crippen LogP contribution in [0.25, 0.3) is 11.1 Å². The molecule has 0 saturated heterocycles. The van der Waals surface area contributed by atoms with Crippen LogP contribution in [-0.2, 0) is 5.41 Å². The van der Waals surface area contributed by atoms with Crippen LogP contribution in [0.3, 0.4) is 0 Å². The molecule has 51 heavy (non-hydrogen) atoms. The average molecular weight is 708 g/mol. The van der Waals surface area contributed by atoms with E-state index in [9.17, 15) is 0 Å². The third kappa shape index (κ3) is 7.92. The van der Waals surface area contributed by atoms with E-state index in [2.05, 4.69) is 49.9 Å². The molecule has 0 spiro atoms. The van der Waals surface area contributed by atoms with E-state index >= 15 is 0 Å². The van der Waals surface area contributed by atoms with Crippen molar-refractivity contribution in [2.45, 2.75) is 19.3 Å². The fourth-order valence-electron chi connectivity index (χ4n) is 5.84. The van der Waals surface area contributed by atoms with E-state index in [-0.39, 0.29) is 0 Å². The topological polar surface area (TPSA) is 43.2 Å². The van der Waals surface area contributed by atoms with Crippen molar-refractivity contribution in [3.8, 4) is 11.5 Å². The molecule has 6 rings (SSSR count). The second-order valence-electron chi connectivity index (χ2n) is 12.3. The number of hydrogen-bond donors (Lipinski definition) is 0. The number of halogens is 2. The van der Waals surface area contributed by atoms with Gasteiger partial charge in [-0.05, 0) is 82.5 Å². The second kappa shape index (κ2) is 16.0. The van der Waals surface area contributed by atoms with Gasteiger partial charge in [0.15, 0.2) is 0 Å². The van der Waals surface area contributed by atoms with Gasteiger partial charge in [0.1, 0.15) is 11.5 Å². The smallest absolute Gasteiger partial charge is 0.127 e. The molecule has 0 amide bonds. The van der Waals surface area contributed by atoms with Gasteiger partial charge in [0, 0.05) is 16.5 Å². The Morgan fingerprint density at radius 2 is 0.882 bits per heavy atom. The largest absolute Gasteiger partial charge is 0.496 e. The molecular formula is C45H36Cl2N2O2. The summed E-state index contributed by atoms with van der Waals surface area (Å²) in [6, 6.07) is 47.6. The molecule has 0 saturated carbocycles. The lowest BCUT2D eigenvalue weighted by Crippen LogP contribution is -2.20. The Morgan fingerprint density at radius 1 is 0.510 bits per heavy atom. The highest BCUT2D eigenvalue weighted by atomic mass is 35.5. The van der Waals surface area contributed by atoms with Crippen molar-refractivity contribution >= 4 is 57.5 Å². The Kier molecular flexibility index (Phi) is 11.0. The summed E-state index contributed by atoms with van der Waals surface area (Å²) in [5, 5.41) is 1.10. The van der Waals surface area contributed by atoms with Crippen molar-refractivity contribution in [3.63, 3.8) is 0 Å². The van der Waals surface area contributed by atoms with Crippen molar-refractivity contribution in [2.24, 2.45) is 9.98 Å². The Hall–Kier alpha value is -5.60. The van der Waals surface area contributed by atoms with Crippen molar-refractivity contribution < 1.29 is 9.47 Å². The Morgan fingerprint density at radius 3 is 1.25 bits per heavy atom. The molecule has 0 radical (unpaired) electrons. The first-order chi connectivity index (χ1) is 24.8. The molecule has 0 aliphatic heterocycles. The van der Waals surface area contributed by atoms with Crippen LogP contribution in [0, 0.1) is 0 Å². The van der Waals surface area contributed by atoms with Crippen LogP contribution >= 0.6 is 23.2 Å². The Bertz CT molecular complexity index is 2140. The third-order valence-corrected chi connectivity index (χ3v) is 9.43. The second-order valence-corrected chi connectivity index (χ2v) is 13.1. The van der Waals surface area contributed by atoms with Gasteiger partial charge >= 0.3 is 0 Å². The van der Waals surface area contributed by atoms with Gasteiger partial charge in [0.05, 0.1) is 46.8 Å². The number of benzene rings is 6. The number of methoxy groups -OCH3 is 2. The van der Waals surface area contributed by atoms with Crippen molar-refractivity contribution in [2.75, 3.05) is 14.2 Å². The first kappa shape index (κ1) is 35.2. The van der Waals surface area contributed by atoms with Crippen LogP contribution in [-0.4, -0.2) is 26.0 Å². The summed E-state index contributed by atoms with van der Waals surface area (Å²) in [4.78, 5) is 9.39. The Balaban J connectivity index is 1.52. The lowest BCUT2D eigenvalue weighted by Gasteiger charge is -2.28. The highest BCUT2D eigenvalue weighted by Crippen LogP contribution is 2.40. The fourth-order valence-corrected chi connectivity index (χ4v) is 6.19. The molecular weight excluding hydrogens is 671 g/mol. The fraction of sp³-hybridized carbons (Fsp3) is 0.111. The van der Waals surface area contributed by atoms with E-state index in [1.165, 1.54) is 0 Å². The van der Waals surface area contributed by atoms with E-state index < -0.39 is 5.41 Å². The number of hydrogen-bond acceptors (Lipinski definition) is 4. The van der Waals surface area contributed by atoms with Gasteiger partial charge < -0.3 is 9.47 Å². The molecule has 6 aromatic rings. The molecule has 0 atom stereocenters. The summed E-state index contributed by atoms with van der Waals surface area (Å²) < 4.78 is 11.8. The average Bonchev–Trinajstić information content (AvgIpc) is 3.17. The van der Waals surface area contributed by atoms with Gasteiger partial charge in [-0.15, -0.1) is 0 Å². The molecule has 252 valence electrons. The van der Waals surface area contributed by atoms with Crippen molar-refractivity contribution in [3.05, 3.63) is 189 Å². The first-order valence-electron chi connectivity index (χ1n) is 16.4. The molecule has 0 heterocycles. The molecule has 0 unspecified atom stereocenters. The number of aliphatic imine (C=N–C) groups is 2. The summed E-state index contributed by atoms with van der Waals surface area (Å²) >= 11 is 12.9. The van der Waals surface area contributed by atoms with Gasteiger partial charge in [-0.3, -0.25) is 0 Å². The van der Waals surface area contributed by atoms with Gasteiger partial charge in [0.2, 0.25) is 0 Å². The van der Waals surface area contributed by atoms with E-state index in [1.807, 2.05) is 121 Å². The molecule has 4 nitrogen and oxygen atoms in total. The van der Waals surface area contributed by atoms with Gasteiger partial charge in [-0.2, -0.15) is 0 Å². The predicted molar refractivity (Wildman–Crippen MR) is 213 cm³/mol. The maximum Gasteiger partial charge on any atom is 0.127 e. The third-order valence-electron chi connectivity index (χ3n) is 8.79. The normalized spacial score (nSPS) is 10.8. The van der Waals surface area contributed by atoms with Crippen LogP contribution in [0.1, 0.15) is 47.2 Å². The maximum absolute atomic E-state index is 6.47. The highest BCUT2D eigenvalue weighted by Gasteiger charge is 2.27. The summed E-state index contributed by atoms with van der Waals surface area (Å²) in [5.74, 6) is 8.05. The van der Waals surface area contributed by atoms with Crippen LogP contribution in [0.4, 0.5) is 11.4 Å². The zero-order valence-corrected chi connectivity index (χ0v) is 30.3. The number of nitrogens with zero attached hydrogens (tertiary/aromatic N) is 2. The van der Waals surface area contributed by atoms with Crippen LogP contribution in [0.5, 0.6) is 11.5 Å². The summed E-state index contributed by atoms with van der Waals surface area (Å²) in [6.45, 7) is 4.41. The molecule has 0 aliphatic carbocycles. The summed E-state index contributed by atoms with van der Waals surface area (Å²) in [7, 11) is 3.35. The van der Waals surface area contributed by atoms with Crippen LogP contribution in [0.15, 0.2) is 156 Å². The van der Waals surface area contributed by atoms with Crippen molar-refractivity contribution in [1.29, 1.82) is 0 Å². The number of para-hydroxylation sites is 2. The summed E-state index contributed by atoms with van der Waals surface area (Å²) in [6.07, 6.45) is 0. The SMILES string of the molecule is COc1ccc(C(C)(C)c2ccc(OC)c(C(=C=Nc3ccccc3Cl)c3ccccc3)c2)cc1C(=C=Nc1ccccc1Cl)c1ccccc1. The van der Waals surface area contributed by atoms with E-state index in [1.54, 1.807) is 14.2 Å². The van der Waals surface area contributed by atoms with Gasteiger partial charge in [-0.25, -0.2) is 9.98 Å². The maximum atomic E-state index is 6.47. The minimum Gasteiger partial charge on any atom is -0.496 e. The highest BCUT2D eigenvalue weighted by molar-refractivity contribution is 6.33. The molecule has 0 bridgehead atoms. The number of ether oxygens (including phenoxy) is 2. The minimum atomic E-state index is -0.467. The van der Waals surface area contributed by atoms with E-state index in [0.29, 0.717) is 32.9 Å². The molecule has 0 aliphatic rings. The van der Waals surface area contributed by atoms with Gasteiger partial charge in [0.25, 0.3) is 0 Å². The van der Waals surface area contributed by atoms with Crippen LogP contribution < -0.4 is 9.47 Å². The minimum absolute atomic E-state index is 0.467. The molecule has 0 N–H and O–H groups in total. The number of rotatable bonds is 10. The zero-order valence-electron chi connectivity index (χ0n) is 28.8. The monoisotopic (exact) mass is 706 g/mol. The lowest BCUT2D eigenvalue weighted by molar-refractivity contribution is 0.412. The Labute approximate surface area is 309 Å². The van der Waals surface area contributed by atoms with E-state index in [4.69, 9.17) is 42.7 Å².